The van der Waals surface area contributed by atoms with E-state index in [4.69, 9.17) is 0 Å². The summed E-state index contributed by atoms with van der Waals surface area (Å²) in [5.74, 6) is 0.446. The normalized spacial score (nSPS) is 15.8. The average Bonchev–Trinajstić information content (AvgIpc) is 3.17. The highest BCUT2D eigenvalue weighted by Gasteiger charge is 2.23. The molecule has 0 spiro atoms. The summed E-state index contributed by atoms with van der Waals surface area (Å²) >= 11 is 0. The van der Waals surface area contributed by atoms with Crippen molar-refractivity contribution in [2.45, 2.75) is 32.4 Å². The highest BCUT2D eigenvalue weighted by molar-refractivity contribution is 5.65. The number of amides is 1. The minimum Gasteiger partial charge on any atom is -0.465 e. The second-order valence-corrected chi connectivity index (χ2v) is 6.95. The van der Waals surface area contributed by atoms with Gasteiger partial charge in [-0.25, -0.2) is 4.79 Å². The number of hydrogen-bond acceptors (Lipinski definition) is 4. The van der Waals surface area contributed by atoms with Crippen molar-refractivity contribution in [2.24, 2.45) is 5.92 Å². The van der Waals surface area contributed by atoms with Crippen LogP contribution in [0.5, 0.6) is 0 Å². The Bertz CT molecular complexity index is 654. The topological polar surface area (TPSA) is 74.5 Å². The van der Waals surface area contributed by atoms with Crippen molar-refractivity contribution in [3.63, 3.8) is 0 Å². The van der Waals surface area contributed by atoms with Gasteiger partial charge in [-0.3, -0.25) is 4.68 Å². The van der Waals surface area contributed by atoms with Gasteiger partial charge < -0.3 is 14.9 Å². The van der Waals surface area contributed by atoms with Crippen LogP contribution in [0.4, 0.5) is 4.79 Å². The van der Waals surface area contributed by atoms with Crippen LogP contribution < -0.4 is 0 Å². The van der Waals surface area contributed by atoms with Crippen LogP contribution in [0.2, 0.25) is 0 Å². The molecule has 1 aromatic carbocycles. The monoisotopic (exact) mass is 357 g/mol. The lowest BCUT2D eigenvalue weighted by atomic mass is 9.96. The fraction of sp³-hybridized carbons (Fsp3) is 0.526. The lowest BCUT2D eigenvalue weighted by Gasteiger charge is -2.34. The van der Waals surface area contributed by atoms with Gasteiger partial charge in [-0.05, 0) is 50.4 Å². The van der Waals surface area contributed by atoms with Gasteiger partial charge in [0.25, 0.3) is 0 Å². The second kappa shape index (κ2) is 9.33. The first-order chi connectivity index (χ1) is 12.7. The number of piperidine rings is 1. The van der Waals surface area contributed by atoms with Crippen LogP contribution in [-0.2, 0) is 13.1 Å². The Hall–Kier alpha value is -2.41. The largest absolute Gasteiger partial charge is 0.465 e. The van der Waals surface area contributed by atoms with E-state index in [9.17, 15) is 9.90 Å². The maximum Gasteiger partial charge on any atom is 0.407 e. The van der Waals surface area contributed by atoms with Gasteiger partial charge in [0.1, 0.15) is 0 Å². The van der Waals surface area contributed by atoms with Crippen molar-refractivity contribution in [1.29, 1.82) is 0 Å². The predicted molar refractivity (Wildman–Crippen MR) is 98.7 cm³/mol. The SMILES string of the molecule is O=C(O)N(Cc1ccccc1)CC1CCN(CCCn2ccnn2)CC1. The highest BCUT2D eigenvalue weighted by atomic mass is 16.4. The zero-order valence-corrected chi connectivity index (χ0v) is 15.1. The number of benzene rings is 1. The molecule has 1 aliphatic rings. The molecule has 1 amide bonds. The van der Waals surface area contributed by atoms with Crippen molar-refractivity contribution in [3.8, 4) is 0 Å². The van der Waals surface area contributed by atoms with E-state index in [0.717, 1.165) is 51.0 Å². The molecule has 2 heterocycles. The van der Waals surface area contributed by atoms with E-state index in [2.05, 4.69) is 15.2 Å². The molecule has 1 saturated heterocycles. The number of nitrogens with zero attached hydrogens (tertiary/aromatic N) is 5. The van der Waals surface area contributed by atoms with E-state index in [0.29, 0.717) is 19.0 Å². The Morgan fingerprint density at radius 2 is 1.96 bits per heavy atom. The molecule has 0 saturated carbocycles. The van der Waals surface area contributed by atoms with Crippen molar-refractivity contribution in [2.75, 3.05) is 26.2 Å². The third kappa shape index (κ3) is 5.56. The van der Waals surface area contributed by atoms with Crippen LogP contribution >= 0.6 is 0 Å². The fourth-order valence-electron chi connectivity index (χ4n) is 3.53. The molecular weight excluding hydrogens is 330 g/mol. The summed E-state index contributed by atoms with van der Waals surface area (Å²) in [6.45, 7) is 5.12. The van der Waals surface area contributed by atoms with Crippen LogP contribution in [0.3, 0.4) is 0 Å². The first-order valence-corrected chi connectivity index (χ1v) is 9.29. The van der Waals surface area contributed by atoms with Crippen molar-refractivity contribution in [1.82, 2.24) is 24.8 Å². The molecule has 3 rings (SSSR count). The van der Waals surface area contributed by atoms with Gasteiger partial charge in [-0.2, -0.15) is 0 Å². The Kier molecular flexibility index (Phi) is 6.60. The van der Waals surface area contributed by atoms with E-state index in [1.165, 1.54) is 0 Å². The Labute approximate surface area is 154 Å². The quantitative estimate of drug-likeness (QED) is 0.786. The number of rotatable bonds is 8. The van der Waals surface area contributed by atoms with Crippen LogP contribution in [0, 0.1) is 5.92 Å². The van der Waals surface area contributed by atoms with Crippen LogP contribution in [0.25, 0.3) is 0 Å². The summed E-state index contributed by atoms with van der Waals surface area (Å²) in [5.41, 5.74) is 1.04. The van der Waals surface area contributed by atoms with Gasteiger partial charge in [-0.1, -0.05) is 35.5 Å². The Morgan fingerprint density at radius 1 is 1.19 bits per heavy atom. The number of carboxylic acid groups (broad SMARTS) is 1. The first kappa shape index (κ1) is 18.4. The third-order valence-electron chi connectivity index (χ3n) is 5.01. The zero-order chi connectivity index (χ0) is 18.2. The lowest BCUT2D eigenvalue weighted by molar-refractivity contribution is 0.113. The summed E-state index contributed by atoms with van der Waals surface area (Å²) in [4.78, 5) is 15.6. The molecule has 26 heavy (non-hydrogen) atoms. The number of hydrogen-bond donors (Lipinski definition) is 1. The minimum absolute atomic E-state index is 0.446. The van der Waals surface area contributed by atoms with Crippen molar-refractivity contribution in [3.05, 3.63) is 48.3 Å². The molecule has 7 heteroatoms. The van der Waals surface area contributed by atoms with Gasteiger partial charge in [0.2, 0.25) is 0 Å². The molecule has 0 aliphatic carbocycles. The van der Waals surface area contributed by atoms with E-state index in [1.807, 2.05) is 41.2 Å². The summed E-state index contributed by atoms with van der Waals surface area (Å²) < 4.78 is 1.86. The molecule has 1 aromatic heterocycles. The molecule has 1 fully saturated rings. The molecule has 1 N–H and O–H groups in total. The number of aromatic nitrogens is 3. The fourth-order valence-corrected chi connectivity index (χ4v) is 3.53. The van der Waals surface area contributed by atoms with Crippen molar-refractivity contribution >= 4 is 6.09 Å². The molecule has 1 aliphatic heterocycles. The molecule has 0 bridgehead atoms. The highest BCUT2D eigenvalue weighted by Crippen LogP contribution is 2.20. The third-order valence-corrected chi connectivity index (χ3v) is 5.01. The molecule has 0 unspecified atom stereocenters. The van der Waals surface area contributed by atoms with Crippen LogP contribution in [0.15, 0.2) is 42.7 Å². The standard InChI is InChI=1S/C19H27N5O2/c25-19(26)23(15-17-5-2-1-3-6-17)16-18-7-12-22(13-8-18)10-4-11-24-14-9-20-21-24/h1-3,5-6,9,14,18H,4,7-8,10-13,15-16H2,(H,25,26). The van der Waals surface area contributed by atoms with Crippen LogP contribution in [0.1, 0.15) is 24.8 Å². The van der Waals surface area contributed by atoms with Gasteiger partial charge in [-0.15, -0.1) is 5.10 Å². The van der Waals surface area contributed by atoms with Gasteiger partial charge in [0.05, 0.1) is 6.20 Å². The van der Waals surface area contributed by atoms with Gasteiger partial charge in [0.15, 0.2) is 0 Å². The Morgan fingerprint density at radius 3 is 2.62 bits per heavy atom. The second-order valence-electron chi connectivity index (χ2n) is 6.95. The minimum atomic E-state index is -0.830. The summed E-state index contributed by atoms with van der Waals surface area (Å²) in [5, 5.41) is 17.3. The maximum atomic E-state index is 11.6. The number of likely N-dealkylation sites (tertiary alicyclic amines) is 1. The molecule has 7 nitrogen and oxygen atoms in total. The molecular formula is C19H27N5O2. The average molecular weight is 357 g/mol. The van der Waals surface area contributed by atoms with Crippen molar-refractivity contribution < 1.29 is 9.90 Å². The van der Waals surface area contributed by atoms with Gasteiger partial charge in [0, 0.05) is 25.8 Å². The van der Waals surface area contributed by atoms with E-state index in [-0.39, 0.29) is 0 Å². The van der Waals surface area contributed by atoms with Gasteiger partial charge >= 0.3 is 6.09 Å². The summed E-state index contributed by atoms with van der Waals surface area (Å²) in [7, 11) is 0. The number of carbonyl (C=O) groups is 1. The molecule has 0 atom stereocenters. The lowest BCUT2D eigenvalue weighted by Crippen LogP contribution is -2.40. The zero-order valence-electron chi connectivity index (χ0n) is 15.1. The van der Waals surface area contributed by atoms with E-state index in [1.54, 1.807) is 11.1 Å². The van der Waals surface area contributed by atoms with E-state index >= 15 is 0 Å². The summed E-state index contributed by atoms with van der Waals surface area (Å²) in [6.07, 6.45) is 5.94. The van der Waals surface area contributed by atoms with E-state index < -0.39 is 6.09 Å². The smallest absolute Gasteiger partial charge is 0.407 e. The summed E-state index contributed by atoms with van der Waals surface area (Å²) in [6, 6.07) is 9.81. The van der Waals surface area contributed by atoms with Crippen LogP contribution in [-0.4, -0.2) is 62.2 Å². The number of aryl methyl sites for hydroxylation is 1. The molecule has 0 radical (unpaired) electrons. The Balaban J connectivity index is 1.39. The first-order valence-electron chi connectivity index (χ1n) is 9.29. The predicted octanol–water partition coefficient (Wildman–Crippen LogP) is 2.56. The molecule has 140 valence electrons. The maximum absolute atomic E-state index is 11.6. The molecule has 2 aromatic rings.